The fourth-order valence-corrected chi connectivity index (χ4v) is 3.50. The zero-order chi connectivity index (χ0) is 14.5. The normalized spacial score (nSPS) is 12.8. The van der Waals surface area contributed by atoms with Crippen LogP contribution < -0.4 is 5.73 Å². The molecule has 0 fully saturated rings. The van der Waals surface area contributed by atoms with Gasteiger partial charge in [-0.1, -0.05) is 6.07 Å². The van der Waals surface area contributed by atoms with E-state index >= 15 is 0 Å². The van der Waals surface area contributed by atoms with Crippen LogP contribution in [-0.2, 0) is 6.42 Å². The van der Waals surface area contributed by atoms with Crippen LogP contribution in [0.2, 0.25) is 0 Å². The molecule has 1 unspecified atom stereocenters. The van der Waals surface area contributed by atoms with Crippen molar-refractivity contribution >= 4 is 11.3 Å². The lowest BCUT2D eigenvalue weighted by atomic mass is 10.1. The molecule has 0 radical (unpaired) electrons. The van der Waals surface area contributed by atoms with Gasteiger partial charge in [0.2, 0.25) is 0 Å². The van der Waals surface area contributed by atoms with E-state index in [1.807, 2.05) is 29.7 Å². The van der Waals surface area contributed by atoms with Gasteiger partial charge in [-0.15, -0.1) is 11.3 Å². The van der Waals surface area contributed by atoms with Crippen LogP contribution in [0.5, 0.6) is 0 Å². The zero-order valence-corrected chi connectivity index (χ0v) is 13.3. The molecule has 0 saturated heterocycles. The van der Waals surface area contributed by atoms with Crippen LogP contribution in [-0.4, -0.2) is 30.0 Å². The quantitative estimate of drug-likeness (QED) is 0.889. The van der Waals surface area contributed by atoms with Crippen molar-refractivity contribution in [2.45, 2.75) is 26.3 Å². The summed E-state index contributed by atoms with van der Waals surface area (Å²) in [5.41, 5.74) is 8.51. The largest absolute Gasteiger partial charge is 0.329 e. The molecule has 0 saturated carbocycles. The Morgan fingerprint density at radius 1 is 1.35 bits per heavy atom. The van der Waals surface area contributed by atoms with Gasteiger partial charge in [-0.3, -0.25) is 9.88 Å². The summed E-state index contributed by atoms with van der Waals surface area (Å²) < 4.78 is 0. The molecule has 2 aromatic heterocycles. The molecule has 3 nitrogen and oxygen atoms in total. The summed E-state index contributed by atoms with van der Waals surface area (Å²) in [6.45, 7) is 5.95. The van der Waals surface area contributed by atoms with E-state index in [0.717, 1.165) is 18.7 Å². The molecule has 2 N–H and O–H groups in total. The van der Waals surface area contributed by atoms with Crippen LogP contribution in [0, 0.1) is 13.8 Å². The fourth-order valence-electron chi connectivity index (χ4n) is 2.52. The molecule has 0 aromatic carbocycles. The molecule has 20 heavy (non-hydrogen) atoms. The highest BCUT2D eigenvalue weighted by Crippen LogP contribution is 2.28. The van der Waals surface area contributed by atoms with Crippen LogP contribution in [0.25, 0.3) is 0 Å². The number of nitrogens with two attached hydrogens (primary N) is 1. The number of hydrogen-bond acceptors (Lipinski definition) is 4. The maximum Gasteiger partial charge on any atom is 0.0478 e. The molecule has 0 spiro atoms. The van der Waals surface area contributed by atoms with Crippen LogP contribution in [0.3, 0.4) is 0 Å². The van der Waals surface area contributed by atoms with Crippen molar-refractivity contribution in [3.63, 3.8) is 0 Å². The first-order valence-corrected chi connectivity index (χ1v) is 7.80. The van der Waals surface area contributed by atoms with Gasteiger partial charge in [0.15, 0.2) is 0 Å². The third-order valence-corrected chi connectivity index (χ3v) is 4.62. The molecule has 0 aliphatic rings. The average molecular weight is 289 g/mol. The summed E-state index contributed by atoms with van der Waals surface area (Å²) in [6, 6.07) is 8.63. The highest BCUT2D eigenvalue weighted by molar-refractivity contribution is 7.12. The summed E-state index contributed by atoms with van der Waals surface area (Å²) in [7, 11) is 2.15. The van der Waals surface area contributed by atoms with Crippen LogP contribution in [0.4, 0.5) is 0 Å². The fraction of sp³-hybridized carbons (Fsp3) is 0.438. The zero-order valence-electron chi connectivity index (χ0n) is 12.5. The van der Waals surface area contributed by atoms with E-state index in [1.54, 1.807) is 0 Å². The predicted octanol–water partition coefficient (Wildman–Crippen LogP) is 2.93. The highest BCUT2D eigenvalue weighted by Gasteiger charge is 2.19. The van der Waals surface area contributed by atoms with Gasteiger partial charge in [-0.05, 0) is 44.7 Å². The SMILES string of the molecule is Cc1cc(C(CN)N(C)CCc2ccccn2)c(C)s1. The topological polar surface area (TPSA) is 42.1 Å². The Morgan fingerprint density at radius 3 is 2.70 bits per heavy atom. The summed E-state index contributed by atoms with van der Waals surface area (Å²) in [5, 5.41) is 0. The Bertz CT molecular complexity index is 536. The van der Waals surface area contributed by atoms with Gasteiger partial charge in [0.05, 0.1) is 0 Å². The minimum atomic E-state index is 0.295. The monoisotopic (exact) mass is 289 g/mol. The Labute approximate surface area is 125 Å². The lowest BCUT2D eigenvalue weighted by molar-refractivity contribution is 0.252. The van der Waals surface area contributed by atoms with E-state index in [0.29, 0.717) is 12.6 Å². The second-order valence-corrected chi connectivity index (χ2v) is 6.63. The van der Waals surface area contributed by atoms with Crippen molar-refractivity contribution in [2.24, 2.45) is 5.73 Å². The maximum absolute atomic E-state index is 6.00. The molecular weight excluding hydrogens is 266 g/mol. The first-order chi connectivity index (χ1) is 9.61. The van der Waals surface area contributed by atoms with Gasteiger partial charge in [-0.25, -0.2) is 0 Å². The van der Waals surface area contributed by atoms with E-state index in [9.17, 15) is 0 Å². The average Bonchev–Trinajstić information content (AvgIpc) is 2.77. The minimum Gasteiger partial charge on any atom is -0.329 e. The lowest BCUT2D eigenvalue weighted by Gasteiger charge is -2.27. The van der Waals surface area contributed by atoms with Gasteiger partial charge in [0.1, 0.15) is 0 Å². The van der Waals surface area contributed by atoms with Crippen LogP contribution in [0.1, 0.15) is 27.1 Å². The van der Waals surface area contributed by atoms with Crippen molar-refractivity contribution in [1.29, 1.82) is 0 Å². The van der Waals surface area contributed by atoms with E-state index in [1.165, 1.54) is 15.3 Å². The van der Waals surface area contributed by atoms with Gasteiger partial charge < -0.3 is 5.73 Å². The highest BCUT2D eigenvalue weighted by atomic mass is 32.1. The van der Waals surface area contributed by atoms with Crippen molar-refractivity contribution in [1.82, 2.24) is 9.88 Å². The third-order valence-electron chi connectivity index (χ3n) is 3.64. The van der Waals surface area contributed by atoms with Gasteiger partial charge in [0, 0.05) is 47.2 Å². The molecule has 1 atom stereocenters. The summed E-state index contributed by atoms with van der Waals surface area (Å²) in [4.78, 5) is 9.44. The van der Waals surface area contributed by atoms with Gasteiger partial charge in [0.25, 0.3) is 0 Å². The Balaban J connectivity index is 2.02. The van der Waals surface area contributed by atoms with Crippen LogP contribution in [0.15, 0.2) is 30.5 Å². The molecule has 0 amide bonds. The first-order valence-electron chi connectivity index (χ1n) is 6.99. The molecule has 0 aliphatic heterocycles. The molecule has 2 rings (SSSR count). The molecule has 0 bridgehead atoms. The molecular formula is C16H23N3S. The van der Waals surface area contributed by atoms with Gasteiger partial charge >= 0.3 is 0 Å². The number of rotatable bonds is 6. The first kappa shape index (κ1) is 15.2. The molecule has 0 aliphatic carbocycles. The van der Waals surface area contributed by atoms with Gasteiger partial charge in [-0.2, -0.15) is 0 Å². The number of thiophene rings is 1. The third kappa shape index (κ3) is 3.66. The Kier molecular flexibility index (Phi) is 5.29. The summed E-state index contributed by atoms with van der Waals surface area (Å²) in [6.07, 6.45) is 2.80. The molecule has 2 heterocycles. The number of hydrogen-bond donors (Lipinski definition) is 1. The number of nitrogens with zero attached hydrogens (tertiary/aromatic N) is 2. The van der Waals surface area contributed by atoms with E-state index in [-0.39, 0.29) is 0 Å². The number of likely N-dealkylation sites (N-methyl/N-ethyl adjacent to an activating group) is 1. The smallest absolute Gasteiger partial charge is 0.0478 e. The Hall–Kier alpha value is -1.23. The van der Waals surface area contributed by atoms with Crippen molar-refractivity contribution < 1.29 is 0 Å². The summed E-state index contributed by atoms with van der Waals surface area (Å²) >= 11 is 1.85. The number of aryl methyl sites for hydroxylation is 2. The van der Waals surface area contributed by atoms with Crippen molar-refractivity contribution in [3.05, 3.63) is 51.5 Å². The lowest BCUT2D eigenvalue weighted by Crippen LogP contribution is -2.32. The Morgan fingerprint density at radius 2 is 2.15 bits per heavy atom. The van der Waals surface area contributed by atoms with E-state index < -0.39 is 0 Å². The van der Waals surface area contributed by atoms with E-state index in [2.05, 4.69) is 42.9 Å². The maximum atomic E-state index is 6.00. The number of pyridine rings is 1. The standard InChI is InChI=1S/C16H23N3S/c1-12-10-15(13(2)20-12)16(11-17)19(3)9-7-14-6-4-5-8-18-14/h4-6,8,10,16H,7,9,11,17H2,1-3H3. The van der Waals surface area contributed by atoms with E-state index in [4.69, 9.17) is 5.73 Å². The second kappa shape index (κ2) is 6.97. The second-order valence-electron chi connectivity index (χ2n) is 5.17. The van der Waals surface area contributed by atoms with Crippen LogP contribution >= 0.6 is 11.3 Å². The van der Waals surface area contributed by atoms with Crippen molar-refractivity contribution in [3.8, 4) is 0 Å². The minimum absolute atomic E-state index is 0.295. The van der Waals surface area contributed by atoms with Crippen molar-refractivity contribution in [2.75, 3.05) is 20.1 Å². The molecule has 108 valence electrons. The predicted molar refractivity (Wildman–Crippen MR) is 86.2 cm³/mol. The molecule has 4 heteroatoms. The number of aromatic nitrogens is 1. The summed E-state index contributed by atoms with van der Waals surface area (Å²) in [5.74, 6) is 0. The molecule has 2 aromatic rings.